The molecule has 7 aromatic rings. The van der Waals surface area contributed by atoms with Crippen molar-refractivity contribution in [3.05, 3.63) is 139 Å². The normalized spacial score (nSPS) is 13.5. The number of hydrogen-bond acceptors (Lipinski definition) is 3. The Kier molecular flexibility index (Phi) is 12.2. The first-order valence-corrected chi connectivity index (χ1v) is 22.2. The summed E-state index contributed by atoms with van der Waals surface area (Å²) in [4.78, 5) is 9.33. The summed E-state index contributed by atoms with van der Waals surface area (Å²) in [7, 11) is -1.34. The van der Waals surface area contributed by atoms with Gasteiger partial charge < -0.3 is 14.4 Å². The molecule has 3 nitrogen and oxygen atoms in total. The third-order valence-electron chi connectivity index (χ3n) is 10.3. The van der Waals surface area contributed by atoms with Gasteiger partial charge in [-0.15, -0.1) is 54.1 Å². The van der Waals surface area contributed by atoms with Crippen LogP contribution in [0, 0.1) is 23.9 Å². The van der Waals surface area contributed by atoms with Gasteiger partial charge in [-0.2, -0.15) is 0 Å². The van der Waals surface area contributed by atoms with Crippen LogP contribution < -0.4 is 5.19 Å². The predicted molar refractivity (Wildman–Crippen MR) is 217 cm³/mol. The van der Waals surface area contributed by atoms with Crippen LogP contribution in [0.4, 0.5) is 4.39 Å². The van der Waals surface area contributed by atoms with Gasteiger partial charge in [0.1, 0.15) is 11.4 Å². The molecule has 53 heavy (non-hydrogen) atoms. The second-order valence-electron chi connectivity index (χ2n) is 15.5. The quantitative estimate of drug-likeness (QED) is 0.118. The number of nitrogens with zero attached hydrogens (tertiary/aromatic N) is 2. The van der Waals surface area contributed by atoms with E-state index in [4.69, 9.17) is 4.42 Å². The number of pyridine rings is 2. The summed E-state index contributed by atoms with van der Waals surface area (Å²) in [6, 6.07) is 37.9. The van der Waals surface area contributed by atoms with Crippen molar-refractivity contribution < 1.29 is 28.9 Å². The third-order valence-corrected chi connectivity index (χ3v) is 12.3. The topological polar surface area (TPSA) is 38.9 Å². The Labute approximate surface area is 328 Å². The Bertz CT molecular complexity index is 2300. The number of benzene rings is 4. The number of furan rings is 1. The second-order valence-corrected chi connectivity index (χ2v) is 20.6. The summed E-state index contributed by atoms with van der Waals surface area (Å²) in [6.45, 7) is 11.7. The Morgan fingerprint density at radius 1 is 0.792 bits per heavy atom. The maximum absolute atomic E-state index is 13.8. The van der Waals surface area contributed by atoms with Crippen LogP contribution in [0.3, 0.4) is 0 Å². The summed E-state index contributed by atoms with van der Waals surface area (Å²) in [6.07, 6.45) is 11.9. The van der Waals surface area contributed by atoms with E-state index in [1.807, 2.05) is 54.7 Å². The fourth-order valence-electron chi connectivity index (χ4n) is 7.52. The van der Waals surface area contributed by atoms with E-state index >= 15 is 0 Å². The average molecular weight is 895 g/mol. The minimum absolute atomic E-state index is 0. The molecule has 8 rings (SSSR count). The van der Waals surface area contributed by atoms with E-state index in [0.29, 0.717) is 5.92 Å². The van der Waals surface area contributed by atoms with Crippen molar-refractivity contribution in [2.75, 3.05) is 0 Å². The van der Waals surface area contributed by atoms with Crippen molar-refractivity contribution in [1.29, 1.82) is 0 Å². The minimum atomic E-state index is -1.34. The monoisotopic (exact) mass is 895 g/mol. The van der Waals surface area contributed by atoms with Crippen LogP contribution >= 0.6 is 0 Å². The zero-order valence-corrected chi connectivity index (χ0v) is 34.7. The molecule has 0 saturated heterocycles. The summed E-state index contributed by atoms with van der Waals surface area (Å²) in [5.74, 6) is 1.08. The molecule has 1 fully saturated rings. The fraction of sp³-hybridized carbons (Fsp3) is 0.277. The van der Waals surface area contributed by atoms with Crippen molar-refractivity contribution in [3.63, 3.8) is 0 Å². The van der Waals surface area contributed by atoms with Gasteiger partial charge in [0.25, 0.3) is 0 Å². The predicted octanol–water partition coefficient (Wildman–Crippen LogP) is 12.6. The van der Waals surface area contributed by atoms with Crippen molar-refractivity contribution >= 4 is 35.2 Å². The molecule has 3 heterocycles. The molecule has 1 saturated carbocycles. The van der Waals surface area contributed by atoms with E-state index in [1.54, 1.807) is 12.1 Å². The van der Waals surface area contributed by atoms with Gasteiger partial charge in [0.05, 0.1) is 13.7 Å². The van der Waals surface area contributed by atoms with Crippen molar-refractivity contribution in [2.45, 2.75) is 77.9 Å². The number of fused-ring (bicyclic) bond motifs is 3. The van der Waals surface area contributed by atoms with Crippen LogP contribution in [0.1, 0.15) is 63.0 Å². The van der Waals surface area contributed by atoms with Gasteiger partial charge in [-0.3, -0.25) is 0 Å². The van der Waals surface area contributed by atoms with Crippen LogP contribution in [0.15, 0.2) is 114 Å². The summed E-state index contributed by atoms with van der Waals surface area (Å²) >= 11 is 0. The molecule has 4 aromatic carbocycles. The van der Waals surface area contributed by atoms with E-state index in [2.05, 4.69) is 92.1 Å². The van der Waals surface area contributed by atoms with Crippen molar-refractivity contribution in [3.8, 4) is 33.6 Å². The Balaban J connectivity index is 0.000000206. The summed E-state index contributed by atoms with van der Waals surface area (Å²) in [5, 5.41) is 3.51. The molecule has 0 bridgehead atoms. The van der Waals surface area contributed by atoms with E-state index in [9.17, 15) is 4.39 Å². The molecular weight excluding hydrogens is 848 g/mol. The first kappa shape index (κ1) is 38.5. The van der Waals surface area contributed by atoms with Crippen LogP contribution in [0.5, 0.6) is 0 Å². The molecule has 0 atom stereocenters. The first-order valence-electron chi connectivity index (χ1n) is 18.7. The molecule has 0 N–H and O–H groups in total. The smallest absolute Gasteiger partial charge is 0.123 e. The molecule has 3 aromatic heterocycles. The molecule has 273 valence electrons. The number of hydrogen-bond donors (Lipinski definition) is 0. The summed E-state index contributed by atoms with van der Waals surface area (Å²) in [5.41, 5.74) is 10.1. The number of rotatable bonds is 7. The molecule has 0 amide bonds. The zero-order chi connectivity index (χ0) is 36.2. The van der Waals surface area contributed by atoms with Crippen molar-refractivity contribution in [2.24, 2.45) is 5.92 Å². The van der Waals surface area contributed by atoms with Gasteiger partial charge in [0.15, 0.2) is 0 Å². The molecule has 0 spiro atoms. The Morgan fingerprint density at radius 3 is 2.34 bits per heavy atom. The number of halogens is 1. The van der Waals surface area contributed by atoms with E-state index in [1.165, 1.54) is 54.5 Å². The Morgan fingerprint density at radius 2 is 1.60 bits per heavy atom. The molecule has 1 aliphatic rings. The summed E-state index contributed by atoms with van der Waals surface area (Å²) < 4.78 is 20.0. The van der Waals surface area contributed by atoms with Crippen LogP contribution in [-0.4, -0.2) is 18.0 Å². The maximum Gasteiger partial charge on any atom is 0.123 e. The molecule has 6 heteroatoms. The second kappa shape index (κ2) is 16.8. The minimum Gasteiger partial charge on any atom is -0.501 e. The molecule has 0 unspecified atom stereocenters. The fourth-order valence-corrected chi connectivity index (χ4v) is 9.20. The third kappa shape index (κ3) is 8.95. The largest absolute Gasteiger partial charge is 0.501 e. The van der Waals surface area contributed by atoms with Gasteiger partial charge in [0, 0.05) is 37.9 Å². The average Bonchev–Trinajstić information content (AvgIpc) is 3.54. The zero-order valence-electron chi connectivity index (χ0n) is 31.3. The van der Waals surface area contributed by atoms with Gasteiger partial charge >= 0.3 is 0 Å². The first-order chi connectivity index (χ1) is 25.1. The van der Waals surface area contributed by atoms with Gasteiger partial charge in [-0.05, 0) is 76.3 Å². The molecule has 1 aliphatic carbocycles. The standard InChI is InChI=1S/C30H25FNO.C17H22NSi.Ir/c31-24-9-4-8-22(18-24)23-12-13-29-27(19-23)25-10-5-11-26(30(25)33-29)28-17-21(14-15-32-28)16-20-6-2-1-3-7-20;1-13(2)15-11-16(14-9-7-6-8-10-14)18-12-17(15)19(3,4)5;/h4-5,8-10,12-15,17-20H,1-3,6-7,16H2;6-9,11-13H,1-5H3;/q2*-1;. The molecular formula is C47H47FIrN2OSi-2. The maximum atomic E-state index is 13.8. The Hall–Kier alpha value is -4.22. The van der Waals surface area contributed by atoms with Gasteiger partial charge in [-0.25, -0.2) is 4.39 Å². The van der Waals surface area contributed by atoms with E-state index in [-0.39, 0.29) is 25.9 Å². The number of aromatic nitrogens is 2. The van der Waals surface area contributed by atoms with Crippen LogP contribution in [0.25, 0.3) is 55.6 Å². The SMILES string of the molecule is CC(C)c1cc(-c2[c-]cccc2)ncc1[Si](C)(C)C.Fc1cccc(-c2ccc3oc4c(-c5cc(CC6CCCCC6)ccn5)[c-]ccc4c3c2)c1.[Ir]. The van der Waals surface area contributed by atoms with E-state index < -0.39 is 8.07 Å². The van der Waals surface area contributed by atoms with Gasteiger partial charge in [-0.1, -0.05) is 118 Å². The van der Waals surface area contributed by atoms with Crippen LogP contribution in [0.2, 0.25) is 19.6 Å². The van der Waals surface area contributed by atoms with E-state index in [0.717, 1.165) is 67.9 Å². The molecule has 1 radical (unpaired) electrons. The van der Waals surface area contributed by atoms with Gasteiger partial charge in [0.2, 0.25) is 0 Å². The van der Waals surface area contributed by atoms with Crippen LogP contribution in [-0.2, 0) is 26.5 Å². The van der Waals surface area contributed by atoms with Crippen molar-refractivity contribution in [1.82, 2.24) is 9.97 Å². The molecule has 0 aliphatic heterocycles.